The van der Waals surface area contributed by atoms with E-state index >= 15 is 0 Å². The maximum Gasteiger partial charge on any atom is 0.332 e. The van der Waals surface area contributed by atoms with E-state index in [-0.39, 0.29) is 19.3 Å². The Bertz CT molecular complexity index is 593. The molecule has 1 amide bonds. The van der Waals surface area contributed by atoms with Gasteiger partial charge in [0, 0.05) is 12.0 Å². The zero-order valence-electron chi connectivity index (χ0n) is 13.5. The summed E-state index contributed by atoms with van der Waals surface area (Å²) in [5.41, 5.74) is 2.62. The minimum atomic E-state index is -1.77. The van der Waals surface area contributed by atoms with E-state index in [0.29, 0.717) is 5.56 Å². The molecule has 0 aromatic heterocycles. The van der Waals surface area contributed by atoms with Gasteiger partial charge in [0.15, 0.2) is 0 Å². The molecule has 0 bridgehead atoms. The molecule has 0 radical (unpaired) electrons. The van der Waals surface area contributed by atoms with Crippen LogP contribution in [0.1, 0.15) is 29.6 Å². The topological polar surface area (TPSA) is 55.4 Å². The van der Waals surface area contributed by atoms with Crippen LogP contribution in [-0.2, 0) is 9.63 Å². The second-order valence-corrected chi connectivity index (χ2v) is 11.1. The Balaban J connectivity index is 2.55. The Hall–Kier alpha value is -2.02. The first kappa shape index (κ1) is 19.0. The van der Waals surface area contributed by atoms with Crippen molar-refractivity contribution in [3.05, 3.63) is 42.0 Å². The fraction of sp³-hybridized carbons (Fsp3) is 0.375. The molecule has 4 nitrogen and oxygen atoms in total. The molecule has 1 aromatic rings. The van der Waals surface area contributed by atoms with Crippen LogP contribution in [0.4, 0.5) is 8.78 Å². The molecule has 0 aliphatic heterocycles. The monoisotopic (exact) mass is 341 g/mol. The maximum absolute atomic E-state index is 12.2. The van der Waals surface area contributed by atoms with Gasteiger partial charge in [-0.2, -0.15) is 14.3 Å². The molecular weight excluding hydrogens is 320 g/mol. The third kappa shape index (κ3) is 6.73. The third-order valence-corrected chi connectivity index (χ3v) is 5.17. The number of allylic oxidation sites excluding steroid dienone is 1. The van der Waals surface area contributed by atoms with Gasteiger partial charge in [-0.15, -0.1) is 0 Å². The van der Waals surface area contributed by atoms with Crippen molar-refractivity contribution in [3.63, 3.8) is 0 Å². The largest absolute Gasteiger partial charge is 0.341 e. The SMILES string of the molecule is C[Si](C)(C)c1ccccc1C(=O)NOC(=O)CCCC=C(F)F. The second kappa shape index (κ2) is 8.57. The van der Waals surface area contributed by atoms with Crippen LogP contribution < -0.4 is 10.7 Å². The van der Waals surface area contributed by atoms with E-state index in [0.717, 1.165) is 11.3 Å². The molecule has 0 aliphatic carbocycles. The van der Waals surface area contributed by atoms with Crippen molar-refractivity contribution >= 4 is 25.1 Å². The van der Waals surface area contributed by atoms with Gasteiger partial charge < -0.3 is 4.84 Å². The maximum atomic E-state index is 12.2. The first-order chi connectivity index (χ1) is 10.7. The third-order valence-electron chi connectivity index (χ3n) is 3.12. The molecule has 23 heavy (non-hydrogen) atoms. The summed E-state index contributed by atoms with van der Waals surface area (Å²) in [7, 11) is -1.71. The second-order valence-electron chi connectivity index (χ2n) is 6.09. The normalized spacial score (nSPS) is 10.8. The zero-order valence-corrected chi connectivity index (χ0v) is 14.5. The summed E-state index contributed by atoms with van der Waals surface area (Å²) in [5.74, 6) is -1.14. The standard InChI is InChI=1S/C16H21F2NO3Si/c1-23(2,3)13-9-5-4-8-12(13)16(21)19-22-15(20)11-7-6-10-14(17)18/h4-5,8-10H,6-7,11H2,1-3H3,(H,19,21). The predicted octanol–water partition coefficient (Wildman–Crippen LogP) is 3.37. The highest BCUT2D eigenvalue weighted by Crippen LogP contribution is 2.08. The van der Waals surface area contributed by atoms with Crippen LogP contribution >= 0.6 is 0 Å². The zero-order chi connectivity index (χ0) is 17.5. The number of hydrogen-bond donors (Lipinski definition) is 1. The van der Waals surface area contributed by atoms with Crippen molar-refractivity contribution in [2.45, 2.75) is 38.9 Å². The molecule has 0 fully saturated rings. The Labute approximate surface area is 135 Å². The van der Waals surface area contributed by atoms with Crippen LogP contribution in [0, 0.1) is 0 Å². The van der Waals surface area contributed by atoms with E-state index in [1.54, 1.807) is 12.1 Å². The number of unbranched alkanes of at least 4 members (excludes halogenated alkanes) is 1. The lowest BCUT2D eigenvalue weighted by Crippen LogP contribution is -2.43. The van der Waals surface area contributed by atoms with Crippen molar-refractivity contribution in [2.75, 3.05) is 0 Å². The molecule has 0 atom stereocenters. The average Bonchev–Trinajstić information content (AvgIpc) is 2.48. The molecule has 1 aromatic carbocycles. The van der Waals surface area contributed by atoms with Gasteiger partial charge in [0.05, 0.1) is 8.07 Å². The quantitative estimate of drug-likeness (QED) is 0.490. The van der Waals surface area contributed by atoms with Crippen molar-refractivity contribution in [3.8, 4) is 0 Å². The fourth-order valence-corrected chi connectivity index (χ4v) is 3.60. The summed E-state index contributed by atoms with van der Waals surface area (Å²) in [6, 6.07) is 7.21. The van der Waals surface area contributed by atoms with Crippen LogP contribution in [-0.4, -0.2) is 20.0 Å². The Morgan fingerprint density at radius 2 is 1.87 bits per heavy atom. The van der Waals surface area contributed by atoms with Gasteiger partial charge in [-0.05, 0) is 30.2 Å². The van der Waals surface area contributed by atoms with Gasteiger partial charge in [0.1, 0.15) is 0 Å². The summed E-state index contributed by atoms with van der Waals surface area (Å²) in [6.07, 6.45) is -0.744. The summed E-state index contributed by atoms with van der Waals surface area (Å²) < 4.78 is 23.7. The van der Waals surface area contributed by atoms with Crippen LogP contribution in [0.3, 0.4) is 0 Å². The number of benzene rings is 1. The number of halogens is 2. The number of rotatable bonds is 6. The van der Waals surface area contributed by atoms with Crippen molar-refractivity contribution in [1.29, 1.82) is 0 Å². The van der Waals surface area contributed by atoms with Gasteiger partial charge in [-0.1, -0.05) is 37.8 Å². The summed E-state index contributed by atoms with van der Waals surface area (Å²) >= 11 is 0. The molecule has 0 spiro atoms. The highest BCUT2D eigenvalue weighted by molar-refractivity contribution is 6.89. The van der Waals surface area contributed by atoms with Gasteiger partial charge in [-0.3, -0.25) is 4.79 Å². The highest BCUT2D eigenvalue weighted by Gasteiger charge is 2.23. The van der Waals surface area contributed by atoms with Crippen molar-refractivity contribution < 1.29 is 23.2 Å². The number of carbonyl (C=O) groups excluding carboxylic acids is 2. The molecule has 0 unspecified atom stereocenters. The molecule has 7 heteroatoms. The average molecular weight is 341 g/mol. The summed E-state index contributed by atoms with van der Waals surface area (Å²) in [6.45, 7) is 6.34. The molecule has 0 saturated carbocycles. The molecule has 0 aliphatic rings. The van der Waals surface area contributed by atoms with E-state index in [4.69, 9.17) is 4.84 Å². The Morgan fingerprint density at radius 1 is 1.22 bits per heavy atom. The van der Waals surface area contributed by atoms with Crippen LogP contribution in [0.15, 0.2) is 36.4 Å². The lowest BCUT2D eigenvalue weighted by molar-refractivity contribution is -0.149. The van der Waals surface area contributed by atoms with E-state index in [1.807, 2.05) is 12.1 Å². The molecular formula is C16H21F2NO3Si. The van der Waals surface area contributed by atoms with Crippen molar-refractivity contribution in [1.82, 2.24) is 5.48 Å². The summed E-state index contributed by atoms with van der Waals surface area (Å²) in [4.78, 5) is 28.3. The Kier molecular flexibility index (Phi) is 7.09. The molecule has 1 N–H and O–H groups in total. The molecule has 126 valence electrons. The first-order valence-electron chi connectivity index (χ1n) is 7.32. The lowest BCUT2D eigenvalue weighted by Gasteiger charge is -2.20. The molecule has 0 saturated heterocycles. The van der Waals surface area contributed by atoms with Crippen LogP contribution in [0.2, 0.25) is 19.6 Å². The highest BCUT2D eigenvalue weighted by atomic mass is 28.3. The van der Waals surface area contributed by atoms with Gasteiger partial charge in [0.25, 0.3) is 12.0 Å². The Morgan fingerprint density at radius 3 is 2.48 bits per heavy atom. The smallest absolute Gasteiger partial charge is 0.332 e. The van der Waals surface area contributed by atoms with Gasteiger partial charge in [0.2, 0.25) is 0 Å². The first-order valence-corrected chi connectivity index (χ1v) is 10.8. The van der Waals surface area contributed by atoms with Gasteiger partial charge >= 0.3 is 5.97 Å². The van der Waals surface area contributed by atoms with E-state index in [9.17, 15) is 18.4 Å². The van der Waals surface area contributed by atoms with E-state index in [1.165, 1.54) is 0 Å². The lowest BCUT2D eigenvalue weighted by atomic mass is 10.2. The van der Waals surface area contributed by atoms with E-state index < -0.39 is 26.0 Å². The number of hydroxylamine groups is 1. The minimum absolute atomic E-state index is 0.0419. The number of amides is 1. The number of hydrogen-bond acceptors (Lipinski definition) is 3. The van der Waals surface area contributed by atoms with Crippen LogP contribution in [0.25, 0.3) is 0 Å². The number of nitrogens with one attached hydrogen (secondary N) is 1. The van der Waals surface area contributed by atoms with E-state index in [2.05, 4.69) is 25.1 Å². The molecule has 1 rings (SSSR count). The fourth-order valence-electron chi connectivity index (χ4n) is 2.00. The predicted molar refractivity (Wildman–Crippen MR) is 87.1 cm³/mol. The number of carbonyl (C=O) groups is 2. The molecule has 0 heterocycles. The van der Waals surface area contributed by atoms with Gasteiger partial charge in [-0.25, -0.2) is 4.79 Å². The van der Waals surface area contributed by atoms with Crippen LogP contribution in [0.5, 0.6) is 0 Å². The summed E-state index contributed by atoms with van der Waals surface area (Å²) in [5, 5.41) is 0.970. The van der Waals surface area contributed by atoms with Crippen molar-refractivity contribution in [2.24, 2.45) is 0 Å². The minimum Gasteiger partial charge on any atom is -0.341 e.